The third-order valence-corrected chi connectivity index (χ3v) is 2.10. The lowest BCUT2D eigenvalue weighted by atomic mass is 10.2. The van der Waals surface area contributed by atoms with Crippen LogP contribution < -0.4 is 0 Å². The molecule has 0 radical (unpaired) electrons. The first-order chi connectivity index (χ1) is 7.79. The van der Waals surface area contributed by atoms with Crippen molar-refractivity contribution in [3.8, 4) is 0 Å². The third kappa shape index (κ3) is 1.90. The van der Waals surface area contributed by atoms with Crippen LogP contribution in [0.1, 0.15) is 11.4 Å². The van der Waals surface area contributed by atoms with Gasteiger partial charge in [0.05, 0.1) is 4.92 Å². The Labute approximate surface area is 91.8 Å². The summed E-state index contributed by atoms with van der Waals surface area (Å²) in [6.45, 7) is 1.42. The Hall–Kier alpha value is -2.19. The molecular weight excluding hydrogens is 241 g/mol. The number of hydrogen-bond acceptors (Lipinski definition) is 4. The van der Waals surface area contributed by atoms with E-state index in [-0.39, 0.29) is 16.9 Å². The van der Waals surface area contributed by atoms with Crippen LogP contribution in [0.2, 0.25) is 0 Å². The van der Waals surface area contributed by atoms with Gasteiger partial charge in [-0.3, -0.25) is 10.1 Å². The summed E-state index contributed by atoms with van der Waals surface area (Å²) in [5, 5.41) is 13.7. The molecule has 6 nitrogen and oxygen atoms in total. The summed E-state index contributed by atoms with van der Waals surface area (Å²) in [7, 11) is 0. The predicted octanol–water partition coefficient (Wildman–Crippen LogP) is 1.96. The van der Waals surface area contributed by atoms with Crippen molar-refractivity contribution in [2.24, 2.45) is 0 Å². The van der Waals surface area contributed by atoms with Gasteiger partial charge in [-0.15, -0.1) is 5.10 Å². The van der Waals surface area contributed by atoms with Gasteiger partial charge < -0.3 is 0 Å². The molecule has 2 heterocycles. The lowest BCUT2D eigenvalue weighted by Gasteiger charge is -1.97. The molecule has 0 aromatic carbocycles. The van der Waals surface area contributed by atoms with Gasteiger partial charge in [-0.05, 0) is 13.0 Å². The van der Waals surface area contributed by atoms with Crippen LogP contribution in [0.4, 0.5) is 18.9 Å². The summed E-state index contributed by atoms with van der Waals surface area (Å²) in [4.78, 5) is 13.1. The summed E-state index contributed by atoms with van der Waals surface area (Å²) < 4.78 is 37.7. The smallest absolute Gasteiger partial charge is 0.258 e. The van der Waals surface area contributed by atoms with E-state index in [1.165, 1.54) is 13.0 Å². The van der Waals surface area contributed by atoms with Crippen molar-refractivity contribution in [3.63, 3.8) is 0 Å². The van der Waals surface area contributed by atoms with Gasteiger partial charge in [0.2, 0.25) is 0 Å². The number of aromatic nitrogens is 3. The highest BCUT2D eigenvalue weighted by atomic mass is 19.4. The van der Waals surface area contributed by atoms with E-state index in [1.54, 1.807) is 0 Å². The number of nitro groups is 1. The zero-order valence-electron chi connectivity index (χ0n) is 8.39. The van der Waals surface area contributed by atoms with E-state index in [0.29, 0.717) is 0 Å². The van der Waals surface area contributed by atoms with Gasteiger partial charge >= 0.3 is 6.18 Å². The first kappa shape index (κ1) is 11.3. The van der Waals surface area contributed by atoms with Crippen LogP contribution in [0.15, 0.2) is 12.3 Å². The molecule has 0 saturated heterocycles. The van der Waals surface area contributed by atoms with Crippen LogP contribution in [-0.2, 0) is 6.18 Å². The monoisotopic (exact) mass is 246 g/mol. The molecular formula is C8H5F3N4O2. The van der Waals surface area contributed by atoms with Crippen LogP contribution in [-0.4, -0.2) is 19.5 Å². The fourth-order valence-electron chi connectivity index (χ4n) is 1.33. The highest BCUT2D eigenvalue weighted by Crippen LogP contribution is 2.27. The predicted molar refractivity (Wildman–Crippen MR) is 49.4 cm³/mol. The molecule has 0 saturated carbocycles. The Morgan fingerprint density at radius 1 is 1.47 bits per heavy atom. The average molecular weight is 246 g/mol. The second-order valence-electron chi connectivity index (χ2n) is 3.33. The Bertz CT molecular complexity index is 605. The number of aryl methyl sites for hydroxylation is 1. The van der Waals surface area contributed by atoms with Crippen molar-refractivity contribution in [1.29, 1.82) is 0 Å². The largest absolute Gasteiger partial charge is 0.453 e. The second-order valence-corrected chi connectivity index (χ2v) is 3.33. The molecule has 9 heteroatoms. The summed E-state index contributed by atoms with van der Waals surface area (Å²) in [5.74, 6) is -1.32. The average Bonchev–Trinajstić information content (AvgIpc) is 2.58. The topological polar surface area (TPSA) is 73.3 Å². The quantitative estimate of drug-likeness (QED) is 0.569. The lowest BCUT2D eigenvalue weighted by molar-refractivity contribution is -0.385. The lowest BCUT2D eigenvalue weighted by Crippen LogP contribution is -2.07. The van der Waals surface area contributed by atoms with Crippen LogP contribution in [0, 0.1) is 17.0 Å². The first-order valence-electron chi connectivity index (χ1n) is 4.37. The Morgan fingerprint density at radius 2 is 2.12 bits per heavy atom. The van der Waals surface area contributed by atoms with Gasteiger partial charge in [0.15, 0.2) is 5.65 Å². The van der Waals surface area contributed by atoms with Crippen LogP contribution in [0.5, 0.6) is 0 Å². The minimum absolute atomic E-state index is 0.0829. The minimum atomic E-state index is -4.67. The van der Waals surface area contributed by atoms with E-state index in [9.17, 15) is 23.3 Å². The molecule has 0 aliphatic carbocycles. The zero-order valence-corrected chi connectivity index (χ0v) is 8.39. The second kappa shape index (κ2) is 3.40. The summed E-state index contributed by atoms with van der Waals surface area (Å²) in [5.41, 5.74) is -0.167. The van der Waals surface area contributed by atoms with Crippen LogP contribution in [0.3, 0.4) is 0 Å². The summed E-state index contributed by atoms with van der Waals surface area (Å²) in [6.07, 6.45) is -3.76. The SMILES string of the molecule is Cc1cc2nc(C(F)(F)F)nn2cc1[N+](=O)[O-]. The van der Waals surface area contributed by atoms with Gasteiger partial charge in [0.1, 0.15) is 6.20 Å². The molecule has 90 valence electrons. The van der Waals surface area contributed by atoms with Crippen LogP contribution in [0.25, 0.3) is 5.65 Å². The van der Waals surface area contributed by atoms with E-state index < -0.39 is 16.9 Å². The number of pyridine rings is 1. The summed E-state index contributed by atoms with van der Waals surface area (Å²) >= 11 is 0. The van der Waals surface area contributed by atoms with Crippen molar-refractivity contribution < 1.29 is 18.1 Å². The summed E-state index contributed by atoms with van der Waals surface area (Å²) in [6, 6.07) is 1.18. The number of alkyl halides is 3. The highest BCUT2D eigenvalue weighted by Gasteiger charge is 2.36. The van der Waals surface area contributed by atoms with Gasteiger partial charge in [-0.25, -0.2) is 9.50 Å². The van der Waals surface area contributed by atoms with Gasteiger partial charge in [0, 0.05) is 5.56 Å². The molecule has 2 rings (SSSR count). The third-order valence-electron chi connectivity index (χ3n) is 2.10. The maximum atomic E-state index is 12.3. The van der Waals surface area contributed by atoms with Gasteiger partial charge in [-0.1, -0.05) is 0 Å². The standard InChI is InChI=1S/C8H5F3N4O2/c1-4-2-6-12-7(8(9,10)11)13-14(6)3-5(4)15(16)17/h2-3H,1H3. The molecule has 0 bridgehead atoms. The van der Waals surface area contributed by atoms with E-state index in [0.717, 1.165) is 10.7 Å². The van der Waals surface area contributed by atoms with E-state index in [2.05, 4.69) is 10.1 Å². The maximum absolute atomic E-state index is 12.3. The first-order valence-corrected chi connectivity index (χ1v) is 4.37. The zero-order chi connectivity index (χ0) is 12.8. The molecule has 17 heavy (non-hydrogen) atoms. The van der Waals surface area contributed by atoms with Crippen molar-refractivity contribution >= 4 is 11.3 Å². The fourth-order valence-corrected chi connectivity index (χ4v) is 1.33. The van der Waals surface area contributed by atoms with Gasteiger partial charge in [0.25, 0.3) is 11.5 Å². The van der Waals surface area contributed by atoms with Crippen molar-refractivity contribution in [2.45, 2.75) is 13.1 Å². The molecule has 0 aliphatic heterocycles. The van der Waals surface area contributed by atoms with E-state index >= 15 is 0 Å². The molecule has 0 spiro atoms. The molecule has 0 fully saturated rings. The normalized spacial score (nSPS) is 12.0. The number of halogens is 3. The molecule has 0 N–H and O–H groups in total. The number of hydrogen-bond donors (Lipinski definition) is 0. The fraction of sp³-hybridized carbons (Fsp3) is 0.250. The van der Waals surface area contributed by atoms with Crippen molar-refractivity contribution in [1.82, 2.24) is 14.6 Å². The van der Waals surface area contributed by atoms with E-state index in [4.69, 9.17) is 0 Å². The van der Waals surface area contributed by atoms with E-state index in [1.807, 2.05) is 0 Å². The van der Waals surface area contributed by atoms with Crippen molar-refractivity contribution in [2.75, 3.05) is 0 Å². The van der Waals surface area contributed by atoms with Gasteiger partial charge in [-0.2, -0.15) is 13.2 Å². The van der Waals surface area contributed by atoms with Crippen molar-refractivity contribution in [3.05, 3.63) is 33.8 Å². The molecule has 0 unspecified atom stereocenters. The minimum Gasteiger partial charge on any atom is -0.258 e. The molecule has 2 aromatic rings. The molecule has 0 amide bonds. The maximum Gasteiger partial charge on any atom is 0.453 e. The van der Waals surface area contributed by atoms with Crippen LogP contribution >= 0.6 is 0 Å². The number of rotatable bonds is 1. The Morgan fingerprint density at radius 3 is 2.65 bits per heavy atom. The number of nitrogens with zero attached hydrogens (tertiary/aromatic N) is 4. The highest BCUT2D eigenvalue weighted by molar-refractivity contribution is 5.49. The Kier molecular flexibility index (Phi) is 2.26. The molecule has 2 aromatic heterocycles. The molecule has 0 aliphatic rings. The number of fused-ring (bicyclic) bond motifs is 1. The molecule has 0 atom stereocenters. The Balaban J connectivity index is 2.67.